The SMILES string of the molecule is CCCC.O=[P+](O)OCC1CC1. The van der Waals surface area contributed by atoms with Crippen molar-refractivity contribution in [1.29, 1.82) is 0 Å². The van der Waals surface area contributed by atoms with Gasteiger partial charge in [-0.2, -0.15) is 0 Å². The van der Waals surface area contributed by atoms with Gasteiger partial charge in [0.05, 0.1) is 0 Å². The van der Waals surface area contributed by atoms with Gasteiger partial charge in [-0.3, -0.25) is 0 Å². The molecule has 4 heteroatoms. The molecule has 0 amide bonds. The molecule has 0 aromatic rings. The van der Waals surface area contributed by atoms with Crippen molar-refractivity contribution in [3.05, 3.63) is 0 Å². The molecular formula is C8H18O3P+. The van der Waals surface area contributed by atoms with Crippen molar-refractivity contribution in [2.24, 2.45) is 5.92 Å². The lowest BCUT2D eigenvalue weighted by Crippen LogP contribution is -1.86. The minimum Gasteiger partial charge on any atom is -0.133 e. The smallest absolute Gasteiger partial charge is 0.133 e. The lowest BCUT2D eigenvalue weighted by atomic mass is 10.4. The Bertz CT molecular complexity index is 121. The minimum absolute atomic E-state index is 0.464. The highest BCUT2D eigenvalue weighted by Crippen LogP contribution is 2.31. The second kappa shape index (κ2) is 7.66. The van der Waals surface area contributed by atoms with Crippen LogP contribution in [-0.4, -0.2) is 11.5 Å². The molecule has 0 aromatic heterocycles. The van der Waals surface area contributed by atoms with Gasteiger partial charge in [-0.15, -0.1) is 9.42 Å². The standard InChI is InChI=1S/C4H7O3P.C4H10/c5-8(6)7-3-4-1-2-4;1-3-4-2/h4H,1-3H2;3-4H2,1-2H3/p+1. The van der Waals surface area contributed by atoms with E-state index in [4.69, 9.17) is 4.89 Å². The molecule has 0 heterocycles. The third-order valence-corrected chi connectivity index (χ3v) is 1.99. The van der Waals surface area contributed by atoms with Crippen molar-refractivity contribution in [3.63, 3.8) is 0 Å². The molecule has 0 radical (unpaired) electrons. The second-order valence-corrected chi connectivity index (χ2v) is 3.71. The first-order chi connectivity index (χ1) is 5.70. The fourth-order valence-corrected chi connectivity index (χ4v) is 0.792. The van der Waals surface area contributed by atoms with Gasteiger partial charge in [0, 0.05) is 4.57 Å². The van der Waals surface area contributed by atoms with Crippen LogP contribution in [0.2, 0.25) is 0 Å². The number of hydrogen-bond acceptors (Lipinski definition) is 2. The Kier molecular flexibility index (Phi) is 7.67. The zero-order valence-electron chi connectivity index (χ0n) is 7.82. The molecule has 1 aliphatic carbocycles. The molecule has 1 N–H and O–H groups in total. The Balaban J connectivity index is 0.000000261. The summed E-state index contributed by atoms with van der Waals surface area (Å²) in [6.45, 7) is 4.83. The molecular weight excluding hydrogens is 175 g/mol. The van der Waals surface area contributed by atoms with Crippen LogP contribution in [0.4, 0.5) is 0 Å². The van der Waals surface area contributed by atoms with Crippen LogP contribution in [0.1, 0.15) is 39.5 Å². The normalized spacial score (nSPS) is 16.4. The third kappa shape index (κ3) is 10.0. The van der Waals surface area contributed by atoms with E-state index in [1.54, 1.807) is 0 Å². The van der Waals surface area contributed by atoms with Gasteiger partial charge < -0.3 is 0 Å². The van der Waals surface area contributed by atoms with E-state index in [9.17, 15) is 4.57 Å². The van der Waals surface area contributed by atoms with Crippen LogP contribution in [0.3, 0.4) is 0 Å². The molecule has 3 nitrogen and oxygen atoms in total. The first-order valence-electron chi connectivity index (χ1n) is 4.49. The highest BCUT2D eigenvalue weighted by molar-refractivity contribution is 7.32. The Morgan fingerprint density at radius 2 is 1.92 bits per heavy atom. The van der Waals surface area contributed by atoms with Gasteiger partial charge in [0.1, 0.15) is 6.61 Å². The molecule has 0 saturated heterocycles. The Labute approximate surface area is 75.1 Å². The van der Waals surface area contributed by atoms with Crippen molar-refractivity contribution >= 4 is 8.25 Å². The molecule has 72 valence electrons. The highest BCUT2D eigenvalue weighted by Gasteiger charge is 2.26. The van der Waals surface area contributed by atoms with Gasteiger partial charge in [-0.05, 0) is 18.8 Å². The summed E-state index contributed by atoms with van der Waals surface area (Å²) in [5.41, 5.74) is 0. The van der Waals surface area contributed by atoms with Gasteiger partial charge >= 0.3 is 8.25 Å². The molecule has 1 saturated carbocycles. The van der Waals surface area contributed by atoms with E-state index in [1.807, 2.05) is 0 Å². The molecule has 1 aliphatic rings. The van der Waals surface area contributed by atoms with Crippen molar-refractivity contribution < 1.29 is 14.0 Å². The predicted molar refractivity (Wildman–Crippen MR) is 49.1 cm³/mol. The molecule has 1 fully saturated rings. The Morgan fingerprint density at radius 1 is 1.42 bits per heavy atom. The summed E-state index contributed by atoms with van der Waals surface area (Å²) in [5, 5.41) is 0. The lowest BCUT2D eigenvalue weighted by molar-refractivity contribution is 0.269. The number of rotatable bonds is 4. The summed E-state index contributed by atoms with van der Waals surface area (Å²) in [6.07, 6.45) is 4.95. The zero-order chi connectivity index (χ0) is 9.40. The van der Waals surface area contributed by atoms with Crippen molar-refractivity contribution in [2.45, 2.75) is 39.5 Å². The van der Waals surface area contributed by atoms with E-state index >= 15 is 0 Å². The van der Waals surface area contributed by atoms with E-state index < -0.39 is 8.25 Å². The fourth-order valence-electron chi connectivity index (χ4n) is 0.454. The quantitative estimate of drug-likeness (QED) is 0.698. The molecule has 0 bridgehead atoms. The highest BCUT2D eigenvalue weighted by atomic mass is 31.1. The average molecular weight is 193 g/mol. The van der Waals surface area contributed by atoms with E-state index in [0.29, 0.717) is 12.5 Å². The Morgan fingerprint density at radius 3 is 2.17 bits per heavy atom. The van der Waals surface area contributed by atoms with Crippen LogP contribution >= 0.6 is 8.25 Å². The van der Waals surface area contributed by atoms with E-state index in [2.05, 4.69) is 18.4 Å². The first-order valence-corrected chi connectivity index (χ1v) is 5.62. The van der Waals surface area contributed by atoms with Gasteiger partial charge in [0.2, 0.25) is 0 Å². The maximum Gasteiger partial charge on any atom is 0.694 e. The van der Waals surface area contributed by atoms with Gasteiger partial charge in [0.15, 0.2) is 0 Å². The molecule has 0 aliphatic heterocycles. The average Bonchev–Trinajstić information content (AvgIpc) is 2.84. The summed E-state index contributed by atoms with van der Waals surface area (Å²) < 4.78 is 14.3. The largest absolute Gasteiger partial charge is 0.694 e. The molecule has 12 heavy (non-hydrogen) atoms. The maximum absolute atomic E-state index is 9.86. The zero-order valence-corrected chi connectivity index (χ0v) is 8.72. The summed E-state index contributed by atoms with van der Waals surface area (Å²) in [5.74, 6) is 0.570. The number of unbranched alkanes of at least 4 members (excludes halogenated alkanes) is 1. The van der Waals surface area contributed by atoms with Crippen LogP contribution in [0.25, 0.3) is 0 Å². The Hall–Kier alpha value is 0.0200. The van der Waals surface area contributed by atoms with E-state index in [0.717, 1.165) is 12.8 Å². The van der Waals surface area contributed by atoms with E-state index in [-0.39, 0.29) is 0 Å². The first kappa shape index (κ1) is 12.0. The summed E-state index contributed by atoms with van der Waals surface area (Å²) >= 11 is 0. The molecule has 1 atom stereocenters. The van der Waals surface area contributed by atoms with Crippen LogP contribution in [0.5, 0.6) is 0 Å². The summed E-state index contributed by atoms with van der Waals surface area (Å²) in [6, 6.07) is 0. The third-order valence-electron chi connectivity index (χ3n) is 1.62. The van der Waals surface area contributed by atoms with Crippen molar-refractivity contribution in [2.75, 3.05) is 6.61 Å². The lowest BCUT2D eigenvalue weighted by Gasteiger charge is -1.79. The maximum atomic E-state index is 9.86. The van der Waals surface area contributed by atoms with Crippen molar-refractivity contribution in [3.8, 4) is 0 Å². The van der Waals surface area contributed by atoms with Gasteiger partial charge in [-0.1, -0.05) is 26.7 Å². The van der Waals surface area contributed by atoms with Gasteiger partial charge in [0.25, 0.3) is 0 Å². The van der Waals surface area contributed by atoms with Crippen molar-refractivity contribution in [1.82, 2.24) is 0 Å². The van der Waals surface area contributed by atoms with Gasteiger partial charge in [-0.25, -0.2) is 0 Å². The molecule has 0 aromatic carbocycles. The fraction of sp³-hybridized carbons (Fsp3) is 1.00. The van der Waals surface area contributed by atoms with Crippen LogP contribution < -0.4 is 0 Å². The molecule has 1 unspecified atom stereocenters. The summed E-state index contributed by atoms with van der Waals surface area (Å²) in [7, 11) is -2.34. The monoisotopic (exact) mass is 193 g/mol. The summed E-state index contributed by atoms with van der Waals surface area (Å²) in [4.78, 5) is 8.12. The number of hydrogen-bond donors (Lipinski definition) is 1. The molecule has 1 rings (SSSR count). The van der Waals surface area contributed by atoms with Crippen LogP contribution in [-0.2, 0) is 9.09 Å². The van der Waals surface area contributed by atoms with E-state index in [1.165, 1.54) is 12.8 Å². The topological polar surface area (TPSA) is 46.5 Å². The molecule has 0 spiro atoms. The van der Waals surface area contributed by atoms with Crippen LogP contribution in [0, 0.1) is 5.92 Å². The second-order valence-electron chi connectivity index (χ2n) is 2.98. The minimum atomic E-state index is -2.34. The van der Waals surface area contributed by atoms with Crippen LogP contribution in [0.15, 0.2) is 0 Å². The predicted octanol–water partition coefficient (Wildman–Crippen LogP) is 2.87.